The first-order valence-electron chi connectivity index (χ1n) is 14.9. The monoisotopic (exact) mass is 532 g/mol. The fourth-order valence-electron chi connectivity index (χ4n) is 7.48. The van der Waals surface area contributed by atoms with Gasteiger partial charge in [-0.25, -0.2) is 0 Å². The van der Waals surface area contributed by atoms with Crippen molar-refractivity contribution >= 4 is 59.9 Å². The zero-order valence-electron chi connectivity index (χ0n) is 23.3. The minimum Gasteiger partial charge on any atom is -0.0836 e. The fourth-order valence-corrected chi connectivity index (χ4v) is 7.48. The van der Waals surface area contributed by atoms with Gasteiger partial charge in [0.15, 0.2) is 0 Å². The Morgan fingerprint density at radius 3 is 1.69 bits per heavy atom. The SMILES string of the molecule is C1=Cc2c(cccc2-c2c3ccccc3c(-c3cc4ccc5ccccc5c4c4ccccc34)c3ccccc23)CC1. The summed E-state index contributed by atoms with van der Waals surface area (Å²) in [6.45, 7) is 0. The average molecular weight is 533 g/mol. The molecule has 0 N–H and O–H groups in total. The van der Waals surface area contributed by atoms with E-state index in [1.807, 2.05) is 0 Å². The third-order valence-electron chi connectivity index (χ3n) is 9.28. The molecule has 0 saturated carbocycles. The number of hydrogen-bond donors (Lipinski definition) is 0. The smallest absolute Gasteiger partial charge is 0.00199 e. The summed E-state index contributed by atoms with van der Waals surface area (Å²) in [5, 5.41) is 13.0. The van der Waals surface area contributed by atoms with Gasteiger partial charge in [-0.1, -0.05) is 140 Å². The molecule has 0 atom stereocenters. The van der Waals surface area contributed by atoms with Crippen molar-refractivity contribution in [2.75, 3.05) is 0 Å². The molecular formula is C42H28. The second kappa shape index (κ2) is 9.16. The van der Waals surface area contributed by atoms with Crippen molar-refractivity contribution < 1.29 is 0 Å². The van der Waals surface area contributed by atoms with Crippen molar-refractivity contribution in [3.63, 3.8) is 0 Å². The highest BCUT2D eigenvalue weighted by Crippen LogP contribution is 2.48. The quantitative estimate of drug-likeness (QED) is 0.153. The Kier molecular flexibility index (Phi) is 5.12. The van der Waals surface area contributed by atoms with E-state index in [1.54, 1.807) is 0 Å². The standard InChI is InChI=1S/C42H28/c1-3-15-30-27(12-1)14-11-23-33(30)41-35-19-7-9-21-37(35)42(38-22-10-8-20-36(38)41)39-26-29-25-24-28-13-2-4-16-31(28)40(29)34-18-6-5-17-32(34)39/h2-11,13-26H,1,12H2. The lowest BCUT2D eigenvalue weighted by Gasteiger charge is -2.22. The molecule has 0 bridgehead atoms. The van der Waals surface area contributed by atoms with Crippen molar-refractivity contribution in [3.8, 4) is 22.3 Å². The van der Waals surface area contributed by atoms with Gasteiger partial charge in [0.1, 0.15) is 0 Å². The summed E-state index contributed by atoms with van der Waals surface area (Å²) in [5.41, 5.74) is 8.09. The Morgan fingerprint density at radius 2 is 0.976 bits per heavy atom. The van der Waals surface area contributed by atoms with Gasteiger partial charge in [-0.2, -0.15) is 0 Å². The number of rotatable bonds is 2. The van der Waals surface area contributed by atoms with Crippen LogP contribution in [0.15, 0.2) is 140 Å². The highest BCUT2D eigenvalue weighted by atomic mass is 14.2. The lowest BCUT2D eigenvalue weighted by molar-refractivity contribution is 0.987. The summed E-state index contributed by atoms with van der Waals surface area (Å²) >= 11 is 0. The maximum Gasteiger partial charge on any atom is -0.00199 e. The van der Waals surface area contributed by atoms with E-state index in [9.17, 15) is 0 Å². The first-order valence-corrected chi connectivity index (χ1v) is 14.9. The molecule has 42 heavy (non-hydrogen) atoms. The topological polar surface area (TPSA) is 0 Å². The second-order valence-corrected chi connectivity index (χ2v) is 11.5. The first-order chi connectivity index (χ1) is 20.9. The van der Waals surface area contributed by atoms with E-state index in [1.165, 1.54) is 87.2 Å². The van der Waals surface area contributed by atoms with Crippen LogP contribution in [-0.2, 0) is 6.42 Å². The van der Waals surface area contributed by atoms with Gasteiger partial charge in [0.25, 0.3) is 0 Å². The summed E-state index contributed by atoms with van der Waals surface area (Å²) in [7, 11) is 0. The van der Waals surface area contributed by atoms with E-state index in [4.69, 9.17) is 0 Å². The van der Waals surface area contributed by atoms with Crippen molar-refractivity contribution in [2.45, 2.75) is 12.8 Å². The molecule has 1 aliphatic rings. The van der Waals surface area contributed by atoms with Crippen LogP contribution in [0.3, 0.4) is 0 Å². The third-order valence-corrected chi connectivity index (χ3v) is 9.28. The molecule has 8 aromatic carbocycles. The molecule has 9 rings (SSSR count). The third kappa shape index (κ3) is 3.36. The Labute approximate surface area is 245 Å². The van der Waals surface area contributed by atoms with Gasteiger partial charge < -0.3 is 0 Å². The molecule has 0 aromatic heterocycles. The van der Waals surface area contributed by atoms with Gasteiger partial charge in [0.2, 0.25) is 0 Å². The van der Waals surface area contributed by atoms with Crippen LogP contribution in [-0.4, -0.2) is 0 Å². The van der Waals surface area contributed by atoms with Gasteiger partial charge in [-0.3, -0.25) is 0 Å². The van der Waals surface area contributed by atoms with Crippen LogP contribution < -0.4 is 0 Å². The number of allylic oxidation sites excluding steroid dienone is 1. The van der Waals surface area contributed by atoms with Gasteiger partial charge >= 0.3 is 0 Å². The van der Waals surface area contributed by atoms with Crippen LogP contribution in [0.25, 0.3) is 82.2 Å². The zero-order chi connectivity index (χ0) is 27.6. The Bertz CT molecular complexity index is 2350. The summed E-state index contributed by atoms with van der Waals surface area (Å²) in [5.74, 6) is 0. The maximum atomic E-state index is 2.44. The number of aryl methyl sites for hydroxylation is 1. The predicted octanol–water partition coefficient (Wildman–Crippen LogP) is 11.7. The van der Waals surface area contributed by atoms with Crippen LogP contribution in [0, 0.1) is 0 Å². The van der Waals surface area contributed by atoms with E-state index in [0.717, 1.165) is 12.8 Å². The molecule has 0 saturated heterocycles. The van der Waals surface area contributed by atoms with E-state index in [0.29, 0.717) is 0 Å². The molecule has 0 fully saturated rings. The molecule has 0 unspecified atom stereocenters. The second-order valence-electron chi connectivity index (χ2n) is 11.5. The summed E-state index contributed by atoms with van der Waals surface area (Å²) in [6, 6.07) is 49.7. The molecule has 196 valence electrons. The molecule has 0 aliphatic heterocycles. The lowest BCUT2D eigenvalue weighted by atomic mass is 9.81. The fraction of sp³-hybridized carbons (Fsp3) is 0.0476. The summed E-state index contributed by atoms with van der Waals surface area (Å²) < 4.78 is 0. The summed E-state index contributed by atoms with van der Waals surface area (Å²) in [4.78, 5) is 0. The molecule has 0 amide bonds. The van der Waals surface area contributed by atoms with Gasteiger partial charge in [0.05, 0.1) is 0 Å². The van der Waals surface area contributed by atoms with Gasteiger partial charge in [0, 0.05) is 0 Å². The molecular weight excluding hydrogens is 504 g/mol. The molecule has 0 spiro atoms. The van der Waals surface area contributed by atoms with Crippen LogP contribution in [0.2, 0.25) is 0 Å². The zero-order valence-corrected chi connectivity index (χ0v) is 23.3. The van der Waals surface area contributed by atoms with Crippen molar-refractivity contribution in [1.82, 2.24) is 0 Å². The highest BCUT2D eigenvalue weighted by molar-refractivity contribution is 6.28. The Balaban J connectivity index is 1.46. The van der Waals surface area contributed by atoms with Crippen LogP contribution in [0.4, 0.5) is 0 Å². The first kappa shape index (κ1) is 23.5. The molecule has 1 aliphatic carbocycles. The summed E-state index contributed by atoms with van der Waals surface area (Å²) in [6.07, 6.45) is 6.88. The molecule has 8 aromatic rings. The van der Waals surface area contributed by atoms with Crippen LogP contribution in [0.5, 0.6) is 0 Å². The van der Waals surface area contributed by atoms with E-state index < -0.39 is 0 Å². The minimum atomic E-state index is 1.10. The average Bonchev–Trinajstić information content (AvgIpc) is 3.06. The highest BCUT2D eigenvalue weighted by Gasteiger charge is 2.21. The van der Waals surface area contributed by atoms with Gasteiger partial charge in [-0.05, 0) is 106 Å². The van der Waals surface area contributed by atoms with Crippen LogP contribution in [0.1, 0.15) is 17.5 Å². The molecule has 0 heteroatoms. The normalized spacial score (nSPS) is 13.0. The van der Waals surface area contributed by atoms with Crippen molar-refractivity contribution in [1.29, 1.82) is 0 Å². The van der Waals surface area contributed by atoms with Crippen molar-refractivity contribution in [2.24, 2.45) is 0 Å². The maximum absolute atomic E-state index is 2.44. The van der Waals surface area contributed by atoms with E-state index >= 15 is 0 Å². The largest absolute Gasteiger partial charge is 0.0836 e. The lowest BCUT2D eigenvalue weighted by Crippen LogP contribution is -1.98. The van der Waals surface area contributed by atoms with E-state index in [-0.39, 0.29) is 0 Å². The van der Waals surface area contributed by atoms with Crippen molar-refractivity contribution in [3.05, 3.63) is 151 Å². The minimum absolute atomic E-state index is 1.10. The molecule has 0 radical (unpaired) electrons. The Morgan fingerprint density at radius 1 is 0.405 bits per heavy atom. The number of hydrogen-bond acceptors (Lipinski definition) is 0. The van der Waals surface area contributed by atoms with E-state index in [2.05, 4.69) is 146 Å². The predicted molar refractivity (Wildman–Crippen MR) is 182 cm³/mol. The molecule has 0 nitrogen and oxygen atoms in total. The molecule has 0 heterocycles. The van der Waals surface area contributed by atoms with Crippen LogP contribution >= 0.6 is 0 Å². The Hall–Kier alpha value is -5.20. The number of fused-ring (bicyclic) bond motifs is 8. The van der Waals surface area contributed by atoms with Gasteiger partial charge in [-0.15, -0.1) is 0 Å². The number of benzene rings is 8.